The van der Waals surface area contributed by atoms with Crippen molar-refractivity contribution in [2.75, 3.05) is 39.3 Å². The summed E-state index contributed by atoms with van der Waals surface area (Å²) in [6.07, 6.45) is 10.3. The molecule has 1 atom stereocenters. The van der Waals surface area contributed by atoms with Crippen molar-refractivity contribution in [2.24, 2.45) is 5.92 Å². The van der Waals surface area contributed by atoms with Crippen molar-refractivity contribution in [3.05, 3.63) is 12.7 Å². The molecule has 3 amide bonds. The van der Waals surface area contributed by atoms with E-state index in [9.17, 15) is 14.4 Å². The van der Waals surface area contributed by atoms with Crippen LogP contribution >= 0.6 is 0 Å². The Labute approximate surface area is 149 Å². The lowest BCUT2D eigenvalue weighted by atomic mass is 9.95. The minimum absolute atomic E-state index is 0.00919. The van der Waals surface area contributed by atoms with Crippen LogP contribution in [0.2, 0.25) is 0 Å². The number of piperidine rings is 1. The van der Waals surface area contributed by atoms with Crippen LogP contribution in [0.25, 0.3) is 0 Å². The molecule has 25 heavy (non-hydrogen) atoms. The first-order valence-electron chi connectivity index (χ1n) is 8.95. The Bertz CT molecular complexity index is 567. The van der Waals surface area contributed by atoms with Crippen LogP contribution in [-0.4, -0.2) is 71.7 Å². The summed E-state index contributed by atoms with van der Waals surface area (Å²) in [6.45, 7) is 6.86. The van der Waals surface area contributed by atoms with Crippen LogP contribution in [0, 0.1) is 18.3 Å². The minimum atomic E-state index is -0.209. The van der Waals surface area contributed by atoms with Gasteiger partial charge in [-0.3, -0.25) is 14.4 Å². The van der Waals surface area contributed by atoms with Gasteiger partial charge in [-0.2, -0.15) is 0 Å². The molecule has 0 aliphatic carbocycles. The quantitative estimate of drug-likeness (QED) is 0.485. The molecule has 0 saturated carbocycles. The van der Waals surface area contributed by atoms with Crippen molar-refractivity contribution in [3.8, 4) is 12.3 Å². The number of amides is 3. The molecule has 136 valence electrons. The third-order valence-electron chi connectivity index (χ3n) is 4.82. The van der Waals surface area contributed by atoms with Gasteiger partial charge in [0.25, 0.3) is 0 Å². The molecule has 6 nitrogen and oxygen atoms in total. The van der Waals surface area contributed by atoms with Crippen LogP contribution in [0.3, 0.4) is 0 Å². The Balaban J connectivity index is 1.86. The monoisotopic (exact) mass is 345 g/mol. The summed E-state index contributed by atoms with van der Waals surface area (Å²) >= 11 is 0. The molecule has 0 aromatic rings. The summed E-state index contributed by atoms with van der Waals surface area (Å²) in [4.78, 5) is 41.6. The molecule has 0 aromatic heterocycles. The molecule has 0 aromatic carbocycles. The summed E-state index contributed by atoms with van der Waals surface area (Å²) in [5, 5.41) is 0. The van der Waals surface area contributed by atoms with E-state index in [2.05, 4.69) is 12.5 Å². The average Bonchev–Trinajstić information content (AvgIpc) is 3.01. The lowest BCUT2D eigenvalue weighted by Gasteiger charge is -2.34. The Morgan fingerprint density at radius 1 is 1.28 bits per heavy atom. The van der Waals surface area contributed by atoms with Gasteiger partial charge in [0.2, 0.25) is 17.7 Å². The van der Waals surface area contributed by atoms with E-state index in [1.807, 2.05) is 4.90 Å². The summed E-state index contributed by atoms with van der Waals surface area (Å²) in [6, 6.07) is 0. The van der Waals surface area contributed by atoms with E-state index in [1.165, 1.54) is 0 Å². The number of carbonyl (C=O) groups excluding carboxylic acids is 3. The predicted molar refractivity (Wildman–Crippen MR) is 95.3 cm³/mol. The van der Waals surface area contributed by atoms with Gasteiger partial charge in [-0.05, 0) is 19.3 Å². The molecule has 2 aliphatic heterocycles. The van der Waals surface area contributed by atoms with E-state index < -0.39 is 0 Å². The first-order chi connectivity index (χ1) is 12.1. The van der Waals surface area contributed by atoms with Gasteiger partial charge in [0.05, 0.1) is 12.5 Å². The zero-order valence-corrected chi connectivity index (χ0v) is 14.8. The molecule has 2 rings (SSSR count). The second kappa shape index (κ2) is 9.26. The molecular formula is C19H27N3O3. The topological polar surface area (TPSA) is 60.9 Å². The van der Waals surface area contributed by atoms with Crippen LogP contribution in [0.1, 0.15) is 32.1 Å². The van der Waals surface area contributed by atoms with Gasteiger partial charge in [0, 0.05) is 45.6 Å². The summed E-state index contributed by atoms with van der Waals surface area (Å²) in [5.41, 5.74) is 0. The standard InChI is InChI=1S/C19H27N3O3/c1-3-10-21(11-4-2)19(25)16-8-9-18(24)22(15-16)14-6-13-20-12-5-7-17(20)23/h1,4,16H,2,5-15H2. The Morgan fingerprint density at radius 3 is 2.64 bits per heavy atom. The van der Waals surface area contributed by atoms with Crippen LogP contribution in [0.15, 0.2) is 12.7 Å². The largest absolute Gasteiger partial charge is 0.343 e. The third-order valence-corrected chi connectivity index (χ3v) is 4.82. The van der Waals surface area contributed by atoms with Gasteiger partial charge in [0.1, 0.15) is 0 Å². The summed E-state index contributed by atoms with van der Waals surface area (Å²) < 4.78 is 0. The van der Waals surface area contributed by atoms with Crippen LogP contribution in [0.4, 0.5) is 0 Å². The molecule has 0 spiro atoms. The SMILES string of the molecule is C#CCN(CC=C)C(=O)C1CCC(=O)N(CCCN2CCCC2=O)C1. The van der Waals surface area contributed by atoms with Crippen molar-refractivity contribution in [1.29, 1.82) is 0 Å². The minimum Gasteiger partial charge on any atom is -0.343 e. The van der Waals surface area contributed by atoms with E-state index >= 15 is 0 Å². The van der Waals surface area contributed by atoms with E-state index in [0.29, 0.717) is 45.4 Å². The zero-order chi connectivity index (χ0) is 18.2. The first kappa shape index (κ1) is 19.0. The molecule has 2 saturated heterocycles. The average molecular weight is 345 g/mol. The van der Waals surface area contributed by atoms with Crippen molar-refractivity contribution in [3.63, 3.8) is 0 Å². The zero-order valence-electron chi connectivity index (χ0n) is 14.8. The number of carbonyl (C=O) groups is 3. The Kier molecular flexibility index (Phi) is 7.05. The van der Waals surface area contributed by atoms with Gasteiger partial charge in [-0.25, -0.2) is 0 Å². The number of hydrogen-bond donors (Lipinski definition) is 0. The lowest BCUT2D eigenvalue weighted by molar-refractivity contribution is -0.142. The maximum Gasteiger partial charge on any atom is 0.228 e. The molecule has 0 bridgehead atoms. The van der Waals surface area contributed by atoms with Crippen LogP contribution in [-0.2, 0) is 14.4 Å². The highest BCUT2D eigenvalue weighted by molar-refractivity contribution is 5.84. The van der Waals surface area contributed by atoms with Crippen molar-refractivity contribution >= 4 is 17.7 Å². The van der Waals surface area contributed by atoms with E-state index in [1.54, 1.807) is 15.9 Å². The van der Waals surface area contributed by atoms with Gasteiger partial charge >= 0.3 is 0 Å². The molecule has 2 fully saturated rings. The van der Waals surface area contributed by atoms with Crippen molar-refractivity contribution in [1.82, 2.24) is 14.7 Å². The second-order valence-electron chi connectivity index (χ2n) is 6.62. The van der Waals surface area contributed by atoms with Gasteiger partial charge < -0.3 is 14.7 Å². The van der Waals surface area contributed by atoms with E-state index in [4.69, 9.17) is 6.42 Å². The summed E-state index contributed by atoms with van der Waals surface area (Å²) in [7, 11) is 0. The molecule has 2 heterocycles. The molecule has 0 N–H and O–H groups in total. The number of rotatable bonds is 8. The van der Waals surface area contributed by atoms with E-state index in [0.717, 1.165) is 19.4 Å². The number of hydrogen-bond acceptors (Lipinski definition) is 3. The molecule has 6 heteroatoms. The molecule has 1 unspecified atom stereocenters. The Hall–Kier alpha value is -2.29. The molecular weight excluding hydrogens is 318 g/mol. The smallest absolute Gasteiger partial charge is 0.228 e. The van der Waals surface area contributed by atoms with Crippen LogP contribution < -0.4 is 0 Å². The fourth-order valence-corrected chi connectivity index (χ4v) is 3.48. The number of terminal acetylenes is 1. The fourth-order valence-electron chi connectivity index (χ4n) is 3.48. The van der Waals surface area contributed by atoms with Gasteiger partial charge in [-0.1, -0.05) is 12.0 Å². The third kappa shape index (κ3) is 5.09. The maximum absolute atomic E-state index is 12.6. The van der Waals surface area contributed by atoms with E-state index in [-0.39, 0.29) is 30.2 Å². The maximum atomic E-state index is 12.6. The van der Waals surface area contributed by atoms with Crippen LogP contribution in [0.5, 0.6) is 0 Å². The predicted octanol–water partition coefficient (Wildman–Crippen LogP) is 0.885. The highest BCUT2D eigenvalue weighted by atomic mass is 16.2. The lowest BCUT2D eigenvalue weighted by Crippen LogP contribution is -2.47. The van der Waals surface area contributed by atoms with Gasteiger partial charge in [0.15, 0.2) is 0 Å². The summed E-state index contributed by atoms with van der Waals surface area (Å²) in [5.74, 6) is 2.57. The normalized spacial score (nSPS) is 20.5. The number of nitrogens with zero attached hydrogens (tertiary/aromatic N) is 3. The van der Waals surface area contributed by atoms with Crippen molar-refractivity contribution in [2.45, 2.75) is 32.1 Å². The highest BCUT2D eigenvalue weighted by Crippen LogP contribution is 2.20. The molecule has 2 aliphatic rings. The second-order valence-corrected chi connectivity index (χ2v) is 6.62. The highest BCUT2D eigenvalue weighted by Gasteiger charge is 2.32. The Morgan fingerprint density at radius 2 is 2.00 bits per heavy atom. The van der Waals surface area contributed by atoms with Crippen molar-refractivity contribution < 1.29 is 14.4 Å². The van der Waals surface area contributed by atoms with Gasteiger partial charge in [-0.15, -0.1) is 13.0 Å². The molecule has 0 radical (unpaired) electrons. The first-order valence-corrected chi connectivity index (χ1v) is 8.95. The number of likely N-dealkylation sites (tertiary alicyclic amines) is 2. The fraction of sp³-hybridized carbons (Fsp3) is 0.632.